The van der Waals surface area contributed by atoms with Gasteiger partial charge in [0.15, 0.2) is 4.96 Å². The fraction of sp³-hybridized carbons (Fsp3) is 0.217. The van der Waals surface area contributed by atoms with Crippen LogP contribution in [0.3, 0.4) is 0 Å². The van der Waals surface area contributed by atoms with Crippen molar-refractivity contribution in [3.63, 3.8) is 0 Å². The number of halogens is 2. The first-order chi connectivity index (χ1) is 14.7. The van der Waals surface area contributed by atoms with Crippen LogP contribution in [0, 0.1) is 5.82 Å². The molecule has 7 heteroatoms. The van der Waals surface area contributed by atoms with E-state index >= 15 is 0 Å². The van der Waals surface area contributed by atoms with Crippen molar-refractivity contribution in [2.45, 2.75) is 32.3 Å². The Balaban J connectivity index is 1.51. The quantitative estimate of drug-likeness (QED) is 0.271. The molecule has 0 atom stereocenters. The van der Waals surface area contributed by atoms with Gasteiger partial charge >= 0.3 is 0 Å². The number of aryl methyl sites for hydroxylation is 2. The van der Waals surface area contributed by atoms with E-state index < -0.39 is 0 Å². The smallest absolute Gasteiger partial charge is 0.195 e. The van der Waals surface area contributed by atoms with Crippen LogP contribution in [0.2, 0.25) is 5.02 Å². The number of hydrogen-bond donors (Lipinski definition) is 0. The summed E-state index contributed by atoms with van der Waals surface area (Å²) in [5.41, 5.74) is 4.78. The Bertz CT molecular complexity index is 1230. The van der Waals surface area contributed by atoms with Gasteiger partial charge in [-0.15, -0.1) is 11.3 Å². The van der Waals surface area contributed by atoms with E-state index in [9.17, 15) is 4.39 Å². The number of imidazole rings is 1. The summed E-state index contributed by atoms with van der Waals surface area (Å²) in [6.07, 6.45) is 6.26. The molecule has 0 saturated carbocycles. The lowest BCUT2D eigenvalue weighted by atomic mass is 10.0. The summed E-state index contributed by atoms with van der Waals surface area (Å²) in [5.74, 6) is -0.285. The summed E-state index contributed by atoms with van der Waals surface area (Å²) in [5, 5.41) is 4.88. The molecule has 0 amide bonds. The van der Waals surface area contributed by atoms with E-state index in [2.05, 4.69) is 9.56 Å². The Kier molecular flexibility index (Phi) is 5.27. The van der Waals surface area contributed by atoms with Crippen molar-refractivity contribution < 1.29 is 9.23 Å². The molecular formula is C23H19ClFN3OS. The molecule has 0 saturated heterocycles. The highest BCUT2D eigenvalue weighted by Crippen LogP contribution is 2.34. The summed E-state index contributed by atoms with van der Waals surface area (Å²) >= 11 is 7.82. The maximum atomic E-state index is 13.4. The van der Waals surface area contributed by atoms with Crippen LogP contribution in [0.4, 0.5) is 4.39 Å². The fourth-order valence-electron chi connectivity index (χ4n) is 3.82. The second kappa shape index (κ2) is 8.20. The number of thiazole rings is 1. The third-order valence-corrected chi connectivity index (χ3v) is 6.64. The van der Waals surface area contributed by atoms with Crippen molar-refractivity contribution in [2.75, 3.05) is 0 Å². The summed E-state index contributed by atoms with van der Waals surface area (Å²) < 4.78 is 15.6. The number of benzene rings is 2. The highest BCUT2D eigenvalue weighted by molar-refractivity contribution is 7.17. The van der Waals surface area contributed by atoms with Gasteiger partial charge in [-0.1, -0.05) is 41.0 Å². The monoisotopic (exact) mass is 439 g/mol. The van der Waals surface area contributed by atoms with Crippen molar-refractivity contribution in [3.05, 3.63) is 81.2 Å². The summed E-state index contributed by atoms with van der Waals surface area (Å²) in [7, 11) is 0. The molecule has 1 aliphatic carbocycles. The van der Waals surface area contributed by atoms with Crippen LogP contribution < -0.4 is 0 Å². The van der Waals surface area contributed by atoms with E-state index in [0.29, 0.717) is 5.02 Å². The maximum absolute atomic E-state index is 13.4. The first-order valence-electron chi connectivity index (χ1n) is 9.88. The normalized spacial score (nSPS) is 13.8. The van der Waals surface area contributed by atoms with E-state index in [1.54, 1.807) is 23.6 Å². The number of rotatable bonds is 5. The summed E-state index contributed by atoms with van der Waals surface area (Å²) in [6.45, 7) is 0.203. The fourth-order valence-corrected chi connectivity index (χ4v) is 5.17. The summed E-state index contributed by atoms with van der Waals surface area (Å²) in [6, 6.07) is 14.0. The summed E-state index contributed by atoms with van der Waals surface area (Å²) in [4.78, 5) is 12.8. The molecule has 0 bridgehead atoms. The van der Waals surface area contributed by atoms with E-state index in [1.165, 1.54) is 35.5 Å². The van der Waals surface area contributed by atoms with E-state index in [0.717, 1.165) is 40.3 Å². The molecule has 0 radical (unpaired) electrons. The van der Waals surface area contributed by atoms with Gasteiger partial charge in [-0.3, -0.25) is 4.40 Å². The van der Waals surface area contributed by atoms with E-state index in [-0.39, 0.29) is 12.4 Å². The lowest BCUT2D eigenvalue weighted by molar-refractivity contribution is 0.132. The Morgan fingerprint density at radius 1 is 1.17 bits per heavy atom. The Morgan fingerprint density at radius 2 is 2.00 bits per heavy atom. The van der Waals surface area contributed by atoms with Crippen molar-refractivity contribution in [1.29, 1.82) is 0 Å². The molecule has 4 aromatic rings. The molecule has 2 aromatic heterocycles. The third-order valence-electron chi connectivity index (χ3n) is 5.24. The minimum atomic E-state index is -0.285. The Labute approximate surface area is 182 Å². The maximum Gasteiger partial charge on any atom is 0.195 e. The molecular weight excluding hydrogens is 421 g/mol. The molecule has 0 fully saturated rings. The van der Waals surface area contributed by atoms with Gasteiger partial charge in [-0.2, -0.15) is 0 Å². The molecule has 152 valence electrons. The van der Waals surface area contributed by atoms with Crippen molar-refractivity contribution in [1.82, 2.24) is 9.38 Å². The van der Waals surface area contributed by atoms with Crippen LogP contribution >= 0.6 is 22.9 Å². The van der Waals surface area contributed by atoms with Crippen molar-refractivity contribution >= 4 is 34.1 Å². The van der Waals surface area contributed by atoms with Gasteiger partial charge in [0.05, 0.1) is 17.6 Å². The SMILES string of the molecule is Fc1cccc(CO/N=C\c2c(-c3ccc(Cl)cc3)nc3sc4c(n23)CCCC4)c1. The van der Waals surface area contributed by atoms with E-state index in [1.807, 2.05) is 30.3 Å². The van der Waals surface area contributed by atoms with Gasteiger partial charge in [-0.25, -0.2) is 9.37 Å². The lowest BCUT2D eigenvalue weighted by Gasteiger charge is -2.11. The second-order valence-corrected chi connectivity index (χ2v) is 8.79. The highest BCUT2D eigenvalue weighted by atomic mass is 35.5. The molecule has 2 heterocycles. The topological polar surface area (TPSA) is 38.9 Å². The highest BCUT2D eigenvalue weighted by Gasteiger charge is 2.22. The predicted molar refractivity (Wildman–Crippen MR) is 119 cm³/mol. The zero-order valence-electron chi connectivity index (χ0n) is 16.1. The van der Waals surface area contributed by atoms with Crippen LogP contribution in [0.1, 0.15) is 34.7 Å². The van der Waals surface area contributed by atoms with Crippen molar-refractivity contribution in [3.8, 4) is 11.3 Å². The molecule has 2 aromatic carbocycles. The molecule has 0 N–H and O–H groups in total. The van der Waals surface area contributed by atoms with Gasteiger partial charge in [0.2, 0.25) is 0 Å². The number of aromatic nitrogens is 2. The Hall–Kier alpha value is -2.70. The van der Waals surface area contributed by atoms with Gasteiger partial charge in [0.25, 0.3) is 0 Å². The van der Waals surface area contributed by atoms with Gasteiger partial charge < -0.3 is 4.84 Å². The van der Waals surface area contributed by atoms with Gasteiger partial charge in [-0.05, 0) is 55.5 Å². The lowest BCUT2D eigenvalue weighted by Crippen LogP contribution is -2.05. The first kappa shape index (κ1) is 19.3. The molecule has 0 aliphatic heterocycles. The largest absolute Gasteiger partial charge is 0.391 e. The van der Waals surface area contributed by atoms with Crippen molar-refractivity contribution in [2.24, 2.45) is 5.16 Å². The third kappa shape index (κ3) is 3.73. The molecule has 4 nitrogen and oxygen atoms in total. The van der Waals surface area contributed by atoms with E-state index in [4.69, 9.17) is 21.4 Å². The standard InChI is InChI=1S/C23H19ClFN3OS/c24-17-10-8-16(9-11-17)22-20(13-26-29-14-15-4-3-5-18(25)12-15)28-19-6-1-2-7-21(19)30-23(28)27-22/h3-5,8-13H,1-2,6-7,14H2/b26-13-. The second-order valence-electron chi connectivity index (χ2n) is 7.29. The number of oxime groups is 1. The Morgan fingerprint density at radius 3 is 2.83 bits per heavy atom. The average molecular weight is 440 g/mol. The van der Waals surface area contributed by atoms with Crippen LogP contribution in [0.25, 0.3) is 16.2 Å². The molecule has 0 unspecified atom stereocenters. The zero-order chi connectivity index (χ0) is 20.5. The number of fused-ring (bicyclic) bond motifs is 3. The minimum Gasteiger partial charge on any atom is -0.391 e. The molecule has 30 heavy (non-hydrogen) atoms. The minimum absolute atomic E-state index is 0.203. The first-order valence-corrected chi connectivity index (χ1v) is 11.1. The van der Waals surface area contributed by atoms with Crippen LogP contribution in [0.15, 0.2) is 53.7 Å². The average Bonchev–Trinajstić information content (AvgIpc) is 3.28. The van der Waals surface area contributed by atoms with Crippen LogP contribution in [-0.4, -0.2) is 15.6 Å². The zero-order valence-corrected chi connectivity index (χ0v) is 17.7. The van der Waals surface area contributed by atoms with Gasteiger partial charge in [0, 0.05) is 21.2 Å². The molecule has 0 spiro atoms. The van der Waals surface area contributed by atoms with Crippen LogP contribution in [-0.2, 0) is 24.3 Å². The van der Waals surface area contributed by atoms with Crippen LogP contribution in [0.5, 0.6) is 0 Å². The molecule has 1 aliphatic rings. The molecule has 5 rings (SSSR count). The predicted octanol–water partition coefficient (Wildman–Crippen LogP) is 6.28. The van der Waals surface area contributed by atoms with Gasteiger partial charge in [0.1, 0.15) is 12.4 Å². The number of hydrogen-bond acceptors (Lipinski definition) is 4. The number of nitrogens with zero attached hydrogens (tertiary/aromatic N) is 3.